The van der Waals surface area contributed by atoms with Crippen molar-refractivity contribution in [3.05, 3.63) is 30.9 Å². The van der Waals surface area contributed by atoms with E-state index in [0.717, 1.165) is 31.2 Å². The number of nitrogens with one attached hydrogen (secondary N) is 2. The van der Waals surface area contributed by atoms with Crippen molar-refractivity contribution in [2.45, 2.75) is 31.8 Å². The Morgan fingerprint density at radius 1 is 1.10 bits per heavy atom. The minimum atomic E-state index is 0.0193. The topological polar surface area (TPSA) is 122 Å². The van der Waals surface area contributed by atoms with Crippen LogP contribution in [0.5, 0.6) is 0 Å². The number of carbonyl (C=O) groups is 1. The van der Waals surface area contributed by atoms with Gasteiger partial charge in [0, 0.05) is 25.4 Å². The fourth-order valence-corrected chi connectivity index (χ4v) is 4.21. The molecule has 1 aliphatic heterocycles. The zero-order chi connectivity index (χ0) is 21.2. The molecule has 1 aliphatic carbocycles. The molecule has 0 aromatic carbocycles. The highest BCUT2D eigenvalue weighted by molar-refractivity contribution is 6.00. The van der Waals surface area contributed by atoms with Gasteiger partial charge in [-0.3, -0.25) is 19.8 Å². The van der Waals surface area contributed by atoms with E-state index < -0.39 is 0 Å². The van der Waals surface area contributed by atoms with Crippen LogP contribution in [0.25, 0.3) is 22.8 Å². The number of pyridine rings is 1. The first kappa shape index (κ1) is 19.6. The molecule has 3 aromatic heterocycles. The maximum absolute atomic E-state index is 12.7. The molecule has 1 fully saturated rings. The van der Waals surface area contributed by atoms with Gasteiger partial charge in [-0.15, -0.1) is 0 Å². The number of hydrogen-bond donors (Lipinski definition) is 2. The Balaban J connectivity index is 1.38. The van der Waals surface area contributed by atoms with Gasteiger partial charge < -0.3 is 10.1 Å². The van der Waals surface area contributed by atoms with Crippen molar-refractivity contribution >= 4 is 17.5 Å². The minimum Gasteiger partial charge on any atom is -0.381 e. The number of aromatic nitrogens is 6. The van der Waals surface area contributed by atoms with Gasteiger partial charge in [0.15, 0.2) is 17.5 Å². The first-order valence-corrected chi connectivity index (χ1v) is 10.5. The van der Waals surface area contributed by atoms with Crippen molar-refractivity contribution in [3.63, 3.8) is 0 Å². The summed E-state index contributed by atoms with van der Waals surface area (Å²) < 4.78 is 5.48. The third kappa shape index (κ3) is 3.98. The Morgan fingerprint density at radius 2 is 1.97 bits per heavy atom. The lowest BCUT2D eigenvalue weighted by molar-refractivity contribution is -0.117. The number of aromatic amines is 1. The molecule has 3 aromatic rings. The molecule has 0 unspecified atom stereocenters. The Morgan fingerprint density at radius 3 is 2.68 bits per heavy atom. The standard InChI is InChI=1S/C21H24N8O2/c1-31-15-5-2-13(3-6-15)11-29-18(30)10-24-20-21(29)27-17(9-23-20)14-4-7-16(22-8-14)19-25-12-26-28-19/h4,7-9,12-13,15H,2-3,5-6,10-11H2,1H3,(H,23,24)(H,25,26,28). The van der Waals surface area contributed by atoms with Crippen LogP contribution in [0.3, 0.4) is 0 Å². The molecule has 0 atom stereocenters. The monoisotopic (exact) mass is 420 g/mol. The van der Waals surface area contributed by atoms with E-state index in [1.54, 1.807) is 24.4 Å². The lowest BCUT2D eigenvalue weighted by Crippen LogP contribution is -2.44. The smallest absolute Gasteiger partial charge is 0.247 e. The van der Waals surface area contributed by atoms with Crippen LogP contribution >= 0.6 is 0 Å². The SMILES string of the molecule is COC1CCC(CN2C(=O)CNc3ncc(-c4ccc(-c5nc[nH]n5)nc4)nc32)CC1. The third-order valence-corrected chi connectivity index (χ3v) is 5.99. The number of amides is 1. The fourth-order valence-electron chi connectivity index (χ4n) is 4.21. The number of methoxy groups -OCH3 is 1. The second-order valence-electron chi connectivity index (χ2n) is 7.92. The second-order valence-corrected chi connectivity index (χ2v) is 7.92. The third-order valence-electron chi connectivity index (χ3n) is 5.99. The van der Waals surface area contributed by atoms with Crippen LogP contribution in [0.1, 0.15) is 25.7 Å². The Labute approximate surface area is 179 Å². The highest BCUT2D eigenvalue weighted by Crippen LogP contribution is 2.32. The van der Waals surface area contributed by atoms with Crippen LogP contribution < -0.4 is 10.2 Å². The van der Waals surface area contributed by atoms with Gasteiger partial charge in [0.2, 0.25) is 5.91 Å². The number of ether oxygens (including phenoxy) is 1. The number of rotatable bonds is 5. The second kappa shape index (κ2) is 8.38. The molecule has 160 valence electrons. The molecule has 4 heterocycles. The Bertz CT molecular complexity index is 1050. The number of fused-ring (bicyclic) bond motifs is 1. The molecule has 10 heteroatoms. The minimum absolute atomic E-state index is 0.0193. The number of H-pyrrole nitrogens is 1. The maximum atomic E-state index is 12.7. The summed E-state index contributed by atoms with van der Waals surface area (Å²) in [7, 11) is 1.77. The number of carbonyl (C=O) groups excluding carboxylic acids is 1. The van der Waals surface area contributed by atoms with E-state index in [-0.39, 0.29) is 12.5 Å². The van der Waals surface area contributed by atoms with Gasteiger partial charge in [0.05, 0.1) is 24.5 Å². The lowest BCUT2D eigenvalue weighted by Gasteiger charge is -2.34. The molecule has 2 aliphatic rings. The Hall–Kier alpha value is -3.40. The number of nitrogens with zero attached hydrogens (tertiary/aromatic N) is 6. The predicted octanol–water partition coefficient (Wildman–Crippen LogP) is 2.29. The van der Waals surface area contributed by atoms with Crippen molar-refractivity contribution in [2.75, 3.05) is 30.4 Å². The molecular weight excluding hydrogens is 396 g/mol. The summed E-state index contributed by atoms with van der Waals surface area (Å²) in [4.78, 5) is 32.4. The van der Waals surface area contributed by atoms with Crippen molar-refractivity contribution in [3.8, 4) is 22.8 Å². The molecule has 31 heavy (non-hydrogen) atoms. The molecule has 0 bridgehead atoms. The van der Waals surface area contributed by atoms with Crippen LogP contribution in [0, 0.1) is 5.92 Å². The first-order valence-electron chi connectivity index (χ1n) is 10.5. The Kier molecular flexibility index (Phi) is 5.29. The van der Waals surface area contributed by atoms with E-state index in [2.05, 4.69) is 30.5 Å². The summed E-state index contributed by atoms with van der Waals surface area (Å²) in [5.41, 5.74) is 2.14. The summed E-state index contributed by atoms with van der Waals surface area (Å²) in [6.07, 6.45) is 9.42. The van der Waals surface area contributed by atoms with Gasteiger partial charge in [-0.1, -0.05) is 0 Å². The molecule has 5 rings (SSSR count). The van der Waals surface area contributed by atoms with E-state index in [0.29, 0.717) is 47.4 Å². The van der Waals surface area contributed by atoms with Crippen molar-refractivity contribution in [1.82, 2.24) is 30.1 Å². The summed E-state index contributed by atoms with van der Waals surface area (Å²) >= 11 is 0. The molecular formula is C21H24N8O2. The maximum Gasteiger partial charge on any atom is 0.247 e. The van der Waals surface area contributed by atoms with Crippen LogP contribution in [0.15, 0.2) is 30.9 Å². The number of anilines is 2. The summed E-state index contributed by atoms with van der Waals surface area (Å²) in [6.45, 7) is 0.894. The molecule has 1 amide bonds. The molecule has 0 radical (unpaired) electrons. The summed E-state index contributed by atoms with van der Waals surface area (Å²) in [5, 5.41) is 9.81. The average Bonchev–Trinajstić information content (AvgIpc) is 3.36. The van der Waals surface area contributed by atoms with E-state index >= 15 is 0 Å². The van der Waals surface area contributed by atoms with E-state index in [4.69, 9.17) is 9.72 Å². The van der Waals surface area contributed by atoms with Crippen LogP contribution in [-0.2, 0) is 9.53 Å². The molecule has 0 spiro atoms. The number of hydrogen-bond acceptors (Lipinski definition) is 8. The van der Waals surface area contributed by atoms with Gasteiger partial charge in [0.25, 0.3) is 0 Å². The van der Waals surface area contributed by atoms with E-state index in [1.165, 1.54) is 6.33 Å². The first-order chi connectivity index (χ1) is 15.2. The normalized spacial score (nSPS) is 20.9. The van der Waals surface area contributed by atoms with Gasteiger partial charge in [-0.2, -0.15) is 5.10 Å². The molecule has 1 saturated carbocycles. The fraction of sp³-hybridized carbons (Fsp3) is 0.429. The van der Waals surface area contributed by atoms with Crippen LogP contribution in [-0.4, -0.2) is 62.3 Å². The highest BCUT2D eigenvalue weighted by atomic mass is 16.5. The van der Waals surface area contributed by atoms with Crippen LogP contribution in [0.2, 0.25) is 0 Å². The largest absolute Gasteiger partial charge is 0.381 e. The summed E-state index contributed by atoms with van der Waals surface area (Å²) in [5.74, 6) is 2.21. The average molecular weight is 420 g/mol. The quantitative estimate of drug-likeness (QED) is 0.645. The van der Waals surface area contributed by atoms with Gasteiger partial charge in [-0.05, 0) is 43.7 Å². The molecule has 2 N–H and O–H groups in total. The summed E-state index contributed by atoms with van der Waals surface area (Å²) in [6, 6.07) is 3.75. The molecule has 0 saturated heterocycles. The zero-order valence-corrected chi connectivity index (χ0v) is 17.3. The predicted molar refractivity (Wildman–Crippen MR) is 114 cm³/mol. The van der Waals surface area contributed by atoms with Crippen molar-refractivity contribution < 1.29 is 9.53 Å². The van der Waals surface area contributed by atoms with Crippen molar-refractivity contribution in [1.29, 1.82) is 0 Å². The van der Waals surface area contributed by atoms with Gasteiger partial charge in [0.1, 0.15) is 12.0 Å². The van der Waals surface area contributed by atoms with Crippen LogP contribution in [0.4, 0.5) is 11.6 Å². The van der Waals surface area contributed by atoms with Crippen molar-refractivity contribution in [2.24, 2.45) is 5.92 Å². The molecule has 10 nitrogen and oxygen atoms in total. The lowest BCUT2D eigenvalue weighted by atomic mass is 9.87. The van der Waals surface area contributed by atoms with E-state index in [9.17, 15) is 4.79 Å². The van der Waals surface area contributed by atoms with Gasteiger partial charge >= 0.3 is 0 Å². The van der Waals surface area contributed by atoms with E-state index in [1.807, 2.05) is 12.1 Å². The zero-order valence-electron chi connectivity index (χ0n) is 17.3. The van der Waals surface area contributed by atoms with Gasteiger partial charge in [-0.25, -0.2) is 15.0 Å². The highest BCUT2D eigenvalue weighted by Gasteiger charge is 2.31.